The van der Waals surface area contributed by atoms with E-state index in [0.29, 0.717) is 0 Å². The van der Waals surface area contributed by atoms with Crippen molar-refractivity contribution < 1.29 is 0 Å². The predicted octanol–water partition coefficient (Wildman–Crippen LogP) is 14.5. The van der Waals surface area contributed by atoms with Crippen molar-refractivity contribution in [2.75, 3.05) is 9.80 Å². The maximum atomic E-state index is 2.42. The van der Waals surface area contributed by atoms with Crippen LogP contribution in [0.2, 0.25) is 0 Å². The average molecular weight is 675 g/mol. The highest BCUT2D eigenvalue weighted by molar-refractivity contribution is 7.26. The number of rotatable bonds is 6. The molecular weight excluding hydrogens is 645 g/mol. The Morgan fingerprint density at radius 2 is 0.680 bits per heavy atom. The van der Waals surface area contributed by atoms with Crippen LogP contribution in [-0.2, 0) is 0 Å². The van der Waals surface area contributed by atoms with E-state index in [2.05, 4.69) is 192 Å². The molecule has 236 valence electrons. The minimum Gasteiger partial charge on any atom is -0.310 e. The van der Waals surface area contributed by atoms with E-state index < -0.39 is 0 Å². The lowest BCUT2D eigenvalue weighted by atomic mass is 10.1. The Bertz CT molecular complexity index is 2800. The molecule has 0 saturated heterocycles. The highest BCUT2D eigenvalue weighted by Crippen LogP contribution is 2.44. The second-order valence-electron chi connectivity index (χ2n) is 12.6. The zero-order valence-corrected chi connectivity index (χ0v) is 28.7. The van der Waals surface area contributed by atoms with Gasteiger partial charge in [0.05, 0.1) is 0 Å². The van der Waals surface area contributed by atoms with Crippen LogP contribution in [0.3, 0.4) is 0 Å². The third-order valence-corrected chi connectivity index (χ3v) is 11.9. The Kier molecular flexibility index (Phi) is 6.90. The standard InChI is InChI=1S/C46H30N2S2/c1-3-11-33(12-4-1)47(34-13-5-2-6-14-34)35-21-19-32-28-36(22-20-31(32)27-35)48(37-24-26-45-42(29-37)40-16-8-10-18-44(40)49-45)38-23-25-41-39-15-7-9-17-43(39)50-46(41)30-38/h1-30H. The van der Waals surface area contributed by atoms with E-state index in [1.54, 1.807) is 0 Å². The largest absolute Gasteiger partial charge is 0.310 e. The average Bonchev–Trinajstić information content (AvgIpc) is 3.74. The molecule has 2 nitrogen and oxygen atoms in total. The van der Waals surface area contributed by atoms with E-state index in [1.165, 1.54) is 51.1 Å². The molecule has 0 spiro atoms. The van der Waals surface area contributed by atoms with Gasteiger partial charge in [-0.2, -0.15) is 0 Å². The SMILES string of the molecule is c1ccc(N(c2ccccc2)c2ccc3cc(N(c4ccc5c(c4)sc4ccccc45)c4ccc5sc6ccccc6c5c4)ccc3c2)cc1. The summed E-state index contributed by atoms with van der Waals surface area (Å²) in [5.41, 5.74) is 6.83. The number of fused-ring (bicyclic) bond motifs is 7. The number of thiophene rings is 2. The molecule has 50 heavy (non-hydrogen) atoms. The first kappa shape index (κ1) is 29.0. The normalized spacial score (nSPS) is 11.6. The fourth-order valence-electron chi connectivity index (χ4n) is 7.25. The van der Waals surface area contributed by atoms with Gasteiger partial charge in [-0.15, -0.1) is 22.7 Å². The maximum absolute atomic E-state index is 2.42. The Balaban J connectivity index is 1.13. The molecule has 0 unspecified atom stereocenters. The molecule has 4 heteroatoms. The summed E-state index contributed by atoms with van der Waals surface area (Å²) < 4.78 is 5.24. The van der Waals surface area contributed by atoms with Gasteiger partial charge in [0.15, 0.2) is 0 Å². The fraction of sp³-hybridized carbons (Fsp3) is 0. The van der Waals surface area contributed by atoms with Crippen molar-refractivity contribution in [3.05, 3.63) is 182 Å². The van der Waals surface area contributed by atoms with Crippen LogP contribution in [0.1, 0.15) is 0 Å². The monoisotopic (exact) mass is 674 g/mol. The van der Waals surface area contributed by atoms with E-state index in [9.17, 15) is 0 Å². The van der Waals surface area contributed by atoms with Gasteiger partial charge in [-0.25, -0.2) is 0 Å². The van der Waals surface area contributed by atoms with Gasteiger partial charge in [-0.3, -0.25) is 0 Å². The molecule has 2 heterocycles. The van der Waals surface area contributed by atoms with Crippen molar-refractivity contribution >= 4 is 108 Å². The van der Waals surface area contributed by atoms with Crippen molar-refractivity contribution in [2.45, 2.75) is 0 Å². The number of anilines is 6. The van der Waals surface area contributed by atoms with Crippen LogP contribution in [0.25, 0.3) is 51.1 Å². The van der Waals surface area contributed by atoms with Gasteiger partial charge in [0.25, 0.3) is 0 Å². The van der Waals surface area contributed by atoms with Crippen molar-refractivity contribution in [1.82, 2.24) is 0 Å². The summed E-state index contributed by atoms with van der Waals surface area (Å²) in [6, 6.07) is 66.2. The molecule has 0 bridgehead atoms. The lowest BCUT2D eigenvalue weighted by Crippen LogP contribution is -2.10. The van der Waals surface area contributed by atoms with Crippen LogP contribution in [0.5, 0.6) is 0 Å². The molecule has 0 aliphatic rings. The number of para-hydroxylation sites is 2. The Labute approximate surface area is 298 Å². The lowest BCUT2D eigenvalue weighted by molar-refractivity contribution is 1.29. The van der Waals surface area contributed by atoms with E-state index in [1.807, 2.05) is 22.7 Å². The van der Waals surface area contributed by atoms with Gasteiger partial charge < -0.3 is 9.80 Å². The van der Waals surface area contributed by atoms with Gasteiger partial charge in [-0.05, 0) is 102 Å². The highest BCUT2D eigenvalue weighted by atomic mass is 32.1. The maximum Gasteiger partial charge on any atom is 0.0476 e. The Hall–Kier alpha value is -5.94. The molecule has 0 atom stereocenters. The van der Waals surface area contributed by atoms with Gasteiger partial charge in [0, 0.05) is 74.5 Å². The van der Waals surface area contributed by atoms with E-state index in [0.717, 1.165) is 34.1 Å². The Morgan fingerprint density at radius 1 is 0.260 bits per heavy atom. The van der Waals surface area contributed by atoms with Crippen molar-refractivity contribution in [1.29, 1.82) is 0 Å². The summed E-state index contributed by atoms with van der Waals surface area (Å²) in [7, 11) is 0. The first-order chi connectivity index (χ1) is 24.8. The summed E-state index contributed by atoms with van der Waals surface area (Å²) in [6.45, 7) is 0. The topological polar surface area (TPSA) is 6.48 Å². The van der Waals surface area contributed by atoms with Gasteiger partial charge in [-0.1, -0.05) is 91.0 Å². The summed E-state index contributed by atoms with van der Waals surface area (Å²) in [4.78, 5) is 4.74. The summed E-state index contributed by atoms with van der Waals surface area (Å²) in [5, 5.41) is 7.62. The van der Waals surface area contributed by atoms with E-state index in [4.69, 9.17) is 0 Å². The fourth-order valence-corrected chi connectivity index (χ4v) is 9.48. The van der Waals surface area contributed by atoms with Gasteiger partial charge >= 0.3 is 0 Å². The summed E-state index contributed by atoms with van der Waals surface area (Å²) >= 11 is 3.72. The molecule has 0 aliphatic heterocycles. The van der Waals surface area contributed by atoms with Crippen LogP contribution >= 0.6 is 22.7 Å². The molecule has 8 aromatic carbocycles. The van der Waals surface area contributed by atoms with E-state index in [-0.39, 0.29) is 0 Å². The third kappa shape index (κ3) is 4.92. The quantitative estimate of drug-likeness (QED) is 0.173. The molecule has 0 amide bonds. The molecule has 0 radical (unpaired) electrons. The van der Waals surface area contributed by atoms with Crippen molar-refractivity contribution in [2.24, 2.45) is 0 Å². The molecule has 10 aromatic rings. The Morgan fingerprint density at radius 3 is 1.32 bits per heavy atom. The number of hydrogen-bond acceptors (Lipinski definition) is 4. The van der Waals surface area contributed by atoms with Crippen LogP contribution in [0.4, 0.5) is 34.1 Å². The second-order valence-corrected chi connectivity index (χ2v) is 14.8. The molecule has 2 aromatic heterocycles. The smallest absolute Gasteiger partial charge is 0.0476 e. The van der Waals surface area contributed by atoms with Crippen molar-refractivity contribution in [3.63, 3.8) is 0 Å². The second kappa shape index (κ2) is 11.9. The zero-order chi connectivity index (χ0) is 33.0. The summed E-state index contributed by atoms with van der Waals surface area (Å²) in [5.74, 6) is 0. The van der Waals surface area contributed by atoms with Gasteiger partial charge in [0.1, 0.15) is 0 Å². The van der Waals surface area contributed by atoms with Gasteiger partial charge in [0.2, 0.25) is 0 Å². The highest BCUT2D eigenvalue weighted by Gasteiger charge is 2.18. The minimum absolute atomic E-state index is 1.13. The predicted molar refractivity (Wildman–Crippen MR) is 219 cm³/mol. The molecular formula is C46H30N2S2. The van der Waals surface area contributed by atoms with Crippen LogP contribution in [0.15, 0.2) is 182 Å². The first-order valence-corrected chi connectivity index (χ1v) is 18.5. The molecule has 0 fully saturated rings. The number of benzene rings is 8. The van der Waals surface area contributed by atoms with Crippen molar-refractivity contribution in [3.8, 4) is 0 Å². The summed E-state index contributed by atoms with van der Waals surface area (Å²) in [6.07, 6.45) is 0. The minimum atomic E-state index is 1.13. The first-order valence-electron chi connectivity index (χ1n) is 16.8. The van der Waals surface area contributed by atoms with Crippen LogP contribution < -0.4 is 9.80 Å². The molecule has 0 saturated carbocycles. The molecule has 0 N–H and O–H groups in total. The number of hydrogen-bond donors (Lipinski definition) is 0. The van der Waals surface area contributed by atoms with Crippen LogP contribution in [-0.4, -0.2) is 0 Å². The molecule has 0 aliphatic carbocycles. The zero-order valence-electron chi connectivity index (χ0n) is 27.0. The molecule has 10 rings (SSSR count). The third-order valence-electron chi connectivity index (χ3n) is 9.59. The van der Waals surface area contributed by atoms with E-state index >= 15 is 0 Å². The number of nitrogens with zero attached hydrogens (tertiary/aromatic N) is 2. The lowest BCUT2D eigenvalue weighted by Gasteiger charge is -2.27. The van der Waals surface area contributed by atoms with Crippen LogP contribution in [0, 0.1) is 0 Å².